The van der Waals surface area contributed by atoms with Crippen molar-refractivity contribution in [3.63, 3.8) is 0 Å². The summed E-state index contributed by atoms with van der Waals surface area (Å²) in [5.74, 6) is -0.837. The average Bonchev–Trinajstić information content (AvgIpc) is 2.03. The fourth-order valence-corrected chi connectivity index (χ4v) is 0.390. The molecule has 0 unspecified atom stereocenters. The molecule has 0 aromatic carbocycles. The molecule has 1 N–H and O–H groups in total. The van der Waals surface area contributed by atoms with Crippen molar-refractivity contribution in [2.75, 3.05) is 6.61 Å². The maximum absolute atomic E-state index is 10.6. The van der Waals surface area contributed by atoms with Gasteiger partial charge < -0.3 is 9.94 Å². The molecule has 4 nitrogen and oxygen atoms in total. The quantitative estimate of drug-likeness (QED) is 0.175. The summed E-state index contributed by atoms with van der Waals surface area (Å²) in [6.45, 7) is 3.61. The lowest BCUT2D eigenvalue weighted by Crippen LogP contribution is -2.12. The van der Waals surface area contributed by atoms with Crippen molar-refractivity contribution in [3.8, 4) is 0 Å². The summed E-state index contributed by atoms with van der Waals surface area (Å²) in [7, 11) is 0. The number of rotatable bonds is 4. The lowest BCUT2D eigenvalue weighted by Gasteiger charge is -1.98. The molecule has 62 valence electrons. The van der Waals surface area contributed by atoms with Gasteiger partial charge in [0.25, 0.3) is 5.17 Å². The van der Waals surface area contributed by atoms with Crippen molar-refractivity contribution in [1.29, 1.82) is 0 Å². The Labute approximate surface area is 69.1 Å². The lowest BCUT2D eigenvalue weighted by molar-refractivity contribution is -0.135. The molecule has 0 aliphatic heterocycles. The minimum atomic E-state index is -0.837. The first kappa shape index (κ1) is 9.97. The Morgan fingerprint density at radius 3 is 2.91 bits per heavy atom. The highest BCUT2D eigenvalue weighted by atomic mass is 35.5. The largest absolute Gasteiger partial charge is 0.460 e. The molecule has 0 fully saturated rings. The first-order chi connectivity index (χ1) is 5.22. The smallest absolute Gasteiger partial charge is 0.372 e. The van der Waals surface area contributed by atoms with E-state index in [0.29, 0.717) is 6.42 Å². The van der Waals surface area contributed by atoms with Crippen LogP contribution in [0, 0.1) is 0 Å². The molecule has 0 saturated heterocycles. The minimum Gasteiger partial charge on any atom is -0.460 e. The van der Waals surface area contributed by atoms with Crippen LogP contribution in [-0.4, -0.2) is 23.0 Å². The van der Waals surface area contributed by atoms with Gasteiger partial charge in [-0.05, 0) is 6.42 Å². The number of carbonyl (C=O) groups excluding carboxylic acids is 1. The van der Waals surface area contributed by atoms with Gasteiger partial charge in [0, 0.05) is 0 Å². The lowest BCUT2D eigenvalue weighted by atomic mass is 10.5. The number of ether oxygens (including phenoxy) is 1. The van der Waals surface area contributed by atoms with E-state index in [1.54, 1.807) is 6.08 Å². The van der Waals surface area contributed by atoms with Crippen LogP contribution in [0.3, 0.4) is 0 Å². The minimum absolute atomic E-state index is 0.189. The summed E-state index contributed by atoms with van der Waals surface area (Å²) in [5.41, 5.74) is 0. The van der Waals surface area contributed by atoms with Crippen LogP contribution in [0.5, 0.6) is 0 Å². The van der Waals surface area contributed by atoms with E-state index in [-0.39, 0.29) is 6.61 Å². The van der Waals surface area contributed by atoms with Gasteiger partial charge in [-0.2, -0.15) is 0 Å². The van der Waals surface area contributed by atoms with Crippen molar-refractivity contribution in [3.05, 3.63) is 12.7 Å². The highest BCUT2D eigenvalue weighted by Crippen LogP contribution is 1.91. The van der Waals surface area contributed by atoms with Crippen LogP contribution >= 0.6 is 11.6 Å². The molecular weight excluding hydrogens is 170 g/mol. The zero-order valence-electron chi connectivity index (χ0n) is 5.79. The number of hydrogen-bond acceptors (Lipinski definition) is 4. The van der Waals surface area contributed by atoms with Crippen LogP contribution < -0.4 is 0 Å². The summed E-state index contributed by atoms with van der Waals surface area (Å²) < 4.78 is 4.50. The molecule has 0 heterocycles. The van der Waals surface area contributed by atoms with Crippen LogP contribution in [-0.2, 0) is 9.53 Å². The van der Waals surface area contributed by atoms with E-state index < -0.39 is 11.1 Å². The van der Waals surface area contributed by atoms with Gasteiger partial charge in [0.15, 0.2) is 0 Å². The second-order valence-corrected chi connectivity index (χ2v) is 1.96. The monoisotopic (exact) mass is 177 g/mol. The fourth-order valence-electron chi connectivity index (χ4n) is 0.335. The van der Waals surface area contributed by atoms with E-state index in [4.69, 9.17) is 16.8 Å². The number of esters is 1. The maximum Gasteiger partial charge on any atom is 0.372 e. The summed E-state index contributed by atoms with van der Waals surface area (Å²) >= 11 is 5.09. The third-order valence-electron chi connectivity index (χ3n) is 0.811. The standard InChI is InChI=1S/C6H8ClNO3/c1-2-3-4-11-6(9)5(7)8-10/h2,10H,1,3-4H2/b8-5-. The molecule has 0 atom stereocenters. The van der Waals surface area contributed by atoms with Gasteiger partial charge in [-0.3, -0.25) is 0 Å². The molecule has 0 saturated carbocycles. The van der Waals surface area contributed by atoms with Crippen LogP contribution in [0.25, 0.3) is 0 Å². The molecule has 11 heavy (non-hydrogen) atoms. The van der Waals surface area contributed by atoms with Crippen molar-refractivity contribution >= 4 is 22.7 Å². The van der Waals surface area contributed by atoms with Crippen molar-refractivity contribution in [1.82, 2.24) is 0 Å². The average molecular weight is 178 g/mol. The summed E-state index contributed by atoms with van der Waals surface area (Å²) in [6.07, 6.45) is 2.14. The molecule has 0 amide bonds. The van der Waals surface area contributed by atoms with Gasteiger partial charge in [-0.15, -0.1) is 6.58 Å². The van der Waals surface area contributed by atoms with E-state index in [9.17, 15) is 4.79 Å². The predicted molar refractivity (Wildman–Crippen MR) is 40.8 cm³/mol. The Bertz CT molecular complexity index is 179. The van der Waals surface area contributed by atoms with E-state index in [1.807, 2.05) is 0 Å². The Hall–Kier alpha value is -1.03. The molecule has 0 rings (SSSR count). The van der Waals surface area contributed by atoms with E-state index in [0.717, 1.165) is 0 Å². The molecule has 0 spiro atoms. The van der Waals surface area contributed by atoms with Crippen molar-refractivity contribution in [2.45, 2.75) is 6.42 Å². The molecule has 0 aromatic heterocycles. The Balaban J connectivity index is 3.61. The second kappa shape index (κ2) is 5.73. The SMILES string of the molecule is C=CCCOC(=O)/C(Cl)=N/O. The van der Waals surface area contributed by atoms with Crippen molar-refractivity contribution < 1.29 is 14.7 Å². The first-order valence-corrected chi connectivity index (χ1v) is 3.25. The molecule has 0 radical (unpaired) electrons. The topological polar surface area (TPSA) is 58.9 Å². The van der Waals surface area contributed by atoms with Gasteiger partial charge in [0.05, 0.1) is 6.61 Å². The van der Waals surface area contributed by atoms with E-state index in [1.165, 1.54) is 0 Å². The second-order valence-electron chi connectivity index (χ2n) is 1.60. The van der Waals surface area contributed by atoms with Crippen LogP contribution in [0.1, 0.15) is 6.42 Å². The molecule has 0 bridgehead atoms. The maximum atomic E-state index is 10.6. The number of nitrogens with zero attached hydrogens (tertiary/aromatic N) is 1. The van der Waals surface area contributed by atoms with Gasteiger partial charge in [-0.25, -0.2) is 4.79 Å². The summed E-state index contributed by atoms with van der Waals surface area (Å²) in [4.78, 5) is 10.6. The highest BCUT2D eigenvalue weighted by molar-refractivity contribution is 6.81. The Morgan fingerprint density at radius 2 is 2.45 bits per heavy atom. The number of hydrogen-bond donors (Lipinski definition) is 1. The van der Waals surface area contributed by atoms with Gasteiger partial charge in [0.1, 0.15) is 0 Å². The van der Waals surface area contributed by atoms with Crippen molar-refractivity contribution in [2.24, 2.45) is 5.16 Å². The Kier molecular flexibility index (Phi) is 5.20. The zero-order chi connectivity index (χ0) is 8.69. The normalized spacial score (nSPS) is 10.8. The summed E-state index contributed by atoms with van der Waals surface area (Å²) in [5, 5.41) is 9.87. The van der Waals surface area contributed by atoms with Crippen LogP contribution in [0.15, 0.2) is 17.8 Å². The molecule has 0 aliphatic carbocycles. The third-order valence-corrected chi connectivity index (χ3v) is 1.04. The summed E-state index contributed by atoms with van der Waals surface area (Å²) in [6, 6.07) is 0. The number of oxime groups is 1. The van der Waals surface area contributed by atoms with Gasteiger partial charge in [-0.1, -0.05) is 22.8 Å². The Morgan fingerprint density at radius 1 is 1.82 bits per heavy atom. The van der Waals surface area contributed by atoms with E-state index >= 15 is 0 Å². The molecule has 0 aliphatic rings. The van der Waals surface area contributed by atoms with Gasteiger partial charge >= 0.3 is 5.97 Å². The van der Waals surface area contributed by atoms with Gasteiger partial charge in [0.2, 0.25) is 0 Å². The predicted octanol–water partition coefficient (Wildman–Crippen LogP) is 1.13. The fraction of sp³-hybridized carbons (Fsp3) is 0.333. The molecular formula is C6H8ClNO3. The number of halogens is 1. The van der Waals surface area contributed by atoms with Crippen LogP contribution in [0.2, 0.25) is 0 Å². The van der Waals surface area contributed by atoms with E-state index in [2.05, 4.69) is 16.5 Å². The number of carbonyl (C=O) groups is 1. The first-order valence-electron chi connectivity index (χ1n) is 2.88. The zero-order valence-corrected chi connectivity index (χ0v) is 6.54. The van der Waals surface area contributed by atoms with Crippen LogP contribution in [0.4, 0.5) is 0 Å². The highest BCUT2D eigenvalue weighted by Gasteiger charge is 2.08. The third kappa shape index (κ3) is 4.38. The molecule has 0 aromatic rings. The molecule has 5 heteroatoms.